The Hall–Kier alpha value is -3.84. The van der Waals surface area contributed by atoms with Gasteiger partial charge in [-0.3, -0.25) is 4.90 Å². The maximum absolute atomic E-state index is 13.3. The minimum absolute atomic E-state index is 0.0252. The van der Waals surface area contributed by atoms with Crippen LogP contribution in [0, 0.1) is 18.3 Å². The normalized spacial score (nSPS) is 20.4. The van der Waals surface area contributed by atoms with Crippen LogP contribution in [0.4, 0.5) is 4.79 Å². The smallest absolute Gasteiger partial charge is 0.410 e. The lowest BCUT2D eigenvalue weighted by atomic mass is 9.91. The third-order valence-electron chi connectivity index (χ3n) is 7.58. The van der Waals surface area contributed by atoms with E-state index in [1.54, 1.807) is 0 Å². The molecule has 1 aliphatic carbocycles. The number of hydrogen-bond acceptors (Lipinski definition) is 3. The molecule has 0 spiro atoms. The second-order valence-electron chi connectivity index (χ2n) is 9.57. The van der Waals surface area contributed by atoms with Crippen LogP contribution >= 0.6 is 0 Å². The highest BCUT2D eigenvalue weighted by atomic mass is 16.6. The summed E-state index contributed by atoms with van der Waals surface area (Å²) in [7, 11) is 0. The fraction of sp³-hybridized carbons (Fsp3) is 0.267. The number of nitriles is 1. The van der Waals surface area contributed by atoms with Crippen molar-refractivity contribution in [1.82, 2.24) is 4.90 Å². The van der Waals surface area contributed by atoms with Crippen LogP contribution in [-0.4, -0.2) is 29.7 Å². The molecule has 0 saturated carbocycles. The van der Waals surface area contributed by atoms with Gasteiger partial charge in [-0.1, -0.05) is 66.7 Å². The van der Waals surface area contributed by atoms with Crippen LogP contribution in [0.1, 0.15) is 53.0 Å². The first kappa shape index (κ1) is 20.7. The van der Waals surface area contributed by atoms with Crippen molar-refractivity contribution < 1.29 is 9.53 Å². The summed E-state index contributed by atoms with van der Waals surface area (Å²) in [5.41, 5.74) is 8.88. The number of hydrogen-bond donors (Lipinski definition) is 0. The van der Waals surface area contributed by atoms with Gasteiger partial charge in [0.1, 0.15) is 6.61 Å². The van der Waals surface area contributed by atoms with Crippen LogP contribution in [0.3, 0.4) is 0 Å². The molecular formula is C30H26N2O2. The molecule has 1 fully saturated rings. The van der Waals surface area contributed by atoms with Crippen molar-refractivity contribution in [3.63, 3.8) is 0 Å². The molecule has 168 valence electrons. The van der Waals surface area contributed by atoms with Crippen LogP contribution in [-0.2, 0) is 4.74 Å². The molecule has 2 bridgehead atoms. The lowest BCUT2D eigenvalue weighted by Gasteiger charge is -2.34. The zero-order chi connectivity index (χ0) is 23.2. The Labute approximate surface area is 200 Å². The van der Waals surface area contributed by atoms with Crippen molar-refractivity contribution in [3.8, 4) is 17.2 Å². The van der Waals surface area contributed by atoms with E-state index >= 15 is 0 Å². The predicted molar refractivity (Wildman–Crippen MR) is 132 cm³/mol. The van der Waals surface area contributed by atoms with Crippen molar-refractivity contribution in [2.75, 3.05) is 6.61 Å². The maximum atomic E-state index is 13.3. The molecule has 3 aromatic carbocycles. The van der Waals surface area contributed by atoms with Crippen LogP contribution < -0.4 is 0 Å². The Bertz CT molecular complexity index is 1320. The molecule has 0 radical (unpaired) electrons. The van der Waals surface area contributed by atoms with Crippen LogP contribution in [0.2, 0.25) is 0 Å². The second-order valence-corrected chi connectivity index (χ2v) is 9.57. The van der Waals surface area contributed by atoms with E-state index in [4.69, 9.17) is 4.74 Å². The monoisotopic (exact) mass is 446 g/mol. The Morgan fingerprint density at radius 2 is 1.71 bits per heavy atom. The Morgan fingerprint density at radius 1 is 1.00 bits per heavy atom. The van der Waals surface area contributed by atoms with E-state index in [1.807, 2.05) is 24.0 Å². The van der Waals surface area contributed by atoms with Gasteiger partial charge in [0, 0.05) is 12.0 Å². The van der Waals surface area contributed by atoms with E-state index in [-0.39, 0.29) is 24.1 Å². The lowest BCUT2D eigenvalue weighted by Crippen LogP contribution is -2.43. The predicted octanol–water partition coefficient (Wildman–Crippen LogP) is 6.44. The molecule has 2 atom stereocenters. The van der Waals surface area contributed by atoms with E-state index in [2.05, 4.69) is 66.7 Å². The average Bonchev–Trinajstić information content (AvgIpc) is 3.33. The zero-order valence-electron chi connectivity index (χ0n) is 19.2. The van der Waals surface area contributed by atoms with Gasteiger partial charge in [0.15, 0.2) is 0 Å². The van der Waals surface area contributed by atoms with Crippen molar-refractivity contribution in [2.45, 2.75) is 44.2 Å². The number of fused-ring (bicyclic) bond motifs is 5. The third kappa shape index (κ3) is 3.31. The number of rotatable bonds is 3. The van der Waals surface area contributed by atoms with Crippen molar-refractivity contribution in [2.24, 2.45) is 0 Å². The minimum atomic E-state index is -0.228. The SMILES string of the molecule is Cc1ccc(C2=CC3CCC(C2)N3C(=O)OCC2c3ccccc3-c3ccccc32)c(C#N)c1. The number of ether oxygens (including phenoxy) is 1. The van der Waals surface area contributed by atoms with Gasteiger partial charge in [0.05, 0.1) is 17.7 Å². The van der Waals surface area contributed by atoms with Crippen LogP contribution in [0.5, 0.6) is 0 Å². The van der Waals surface area contributed by atoms with E-state index in [0.717, 1.165) is 30.4 Å². The zero-order valence-corrected chi connectivity index (χ0v) is 19.2. The second kappa shape index (κ2) is 8.18. The highest BCUT2D eigenvalue weighted by Gasteiger charge is 2.41. The Kier molecular flexibility index (Phi) is 4.99. The fourth-order valence-corrected chi connectivity index (χ4v) is 6.01. The maximum Gasteiger partial charge on any atom is 0.410 e. The van der Waals surface area contributed by atoms with Gasteiger partial charge in [-0.25, -0.2) is 4.79 Å². The molecule has 34 heavy (non-hydrogen) atoms. The summed E-state index contributed by atoms with van der Waals surface area (Å²) in [4.78, 5) is 15.2. The topological polar surface area (TPSA) is 53.3 Å². The summed E-state index contributed by atoms with van der Waals surface area (Å²) in [6, 6.07) is 25.3. The molecule has 2 heterocycles. The van der Waals surface area contributed by atoms with E-state index < -0.39 is 0 Å². The molecule has 4 nitrogen and oxygen atoms in total. The molecule has 0 N–H and O–H groups in total. The van der Waals surface area contributed by atoms with Gasteiger partial charge in [0.25, 0.3) is 0 Å². The molecule has 0 aromatic heterocycles. The highest BCUT2D eigenvalue weighted by Crippen LogP contribution is 2.45. The molecule has 1 saturated heterocycles. The first-order valence-electron chi connectivity index (χ1n) is 12.0. The number of benzene rings is 3. The summed E-state index contributed by atoms with van der Waals surface area (Å²) in [6.45, 7) is 2.35. The van der Waals surface area contributed by atoms with Crippen molar-refractivity contribution in [3.05, 3.63) is 101 Å². The van der Waals surface area contributed by atoms with E-state index in [1.165, 1.54) is 27.8 Å². The fourth-order valence-electron chi connectivity index (χ4n) is 6.01. The quantitative estimate of drug-likeness (QED) is 0.465. The Morgan fingerprint density at radius 3 is 2.38 bits per heavy atom. The largest absolute Gasteiger partial charge is 0.448 e. The summed E-state index contributed by atoms with van der Waals surface area (Å²) in [6.07, 6.45) is 4.61. The first-order chi connectivity index (χ1) is 16.6. The van der Waals surface area contributed by atoms with Gasteiger partial charge >= 0.3 is 6.09 Å². The van der Waals surface area contributed by atoms with E-state index in [0.29, 0.717) is 12.2 Å². The first-order valence-corrected chi connectivity index (χ1v) is 12.0. The molecule has 1 amide bonds. The van der Waals surface area contributed by atoms with E-state index in [9.17, 15) is 10.1 Å². The standard InChI is InChI=1S/C30H26N2O2/c1-19-10-13-24(21(14-19)17-31)20-15-22-11-12-23(16-20)32(22)30(33)34-18-29-27-8-4-2-6-25(27)26-7-3-5-9-28(26)29/h2-10,13-15,22-23,29H,11-12,16,18H2,1H3. The minimum Gasteiger partial charge on any atom is -0.448 e. The summed E-state index contributed by atoms with van der Waals surface area (Å²) in [5.74, 6) is 0.0654. The van der Waals surface area contributed by atoms with Crippen molar-refractivity contribution >= 4 is 11.7 Å². The lowest BCUT2D eigenvalue weighted by molar-refractivity contribution is 0.0866. The number of carbonyl (C=O) groups excluding carboxylic acids is 1. The molecule has 6 rings (SSSR count). The van der Waals surface area contributed by atoms with Gasteiger partial charge in [0.2, 0.25) is 0 Å². The number of nitrogens with zero attached hydrogens (tertiary/aromatic N) is 2. The number of carbonyl (C=O) groups is 1. The highest BCUT2D eigenvalue weighted by molar-refractivity contribution is 5.80. The molecule has 2 aliphatic heterocycles. The number of aryl methyl sites for hydroxylation is 1. The molecule has 3 aliphatic rings. The summed E-state index contributed by atoms with van der Waals surface area (Å²) < 4.78 is 5.97. The molecule has 3 aromatic rings. The number of amides is 1. The molecule has 2 unspecified atom stereocenters. The van der Waals surface area contributed by atoms with Gasteiger partial charge in [-0.2, -0.15) is 5.26 Å². The third-order valence-corrected chi connectivity index (χ3v) is 7.58. The van der Waals surface area contributed by atoms with Crippen LogP contribution in [0.25, 0.3) is 16.7 Å². The van der Waals surface area contributed by atoms with Crippen molar-refractivity contribution in [1.29, 1.82) is 5.26 Å². The van der Waals surface area contributed by atoms with Gasteiger partial charge in [-0.05, 0) is 71.2 Å². The molecular weight excluding hydrogens is 420 g/mol. The Balaban J connectivity index is 1.21. The van der Waals surface area contributed by atoms with Gasteiger partial charge in [-0.15, -0.1) is 0 Å². The van der Waals surface area contributed by atoms with Gasteiger partial charge < -0.3 is 4.74 Å². The summed E-state index contributed by atoms with van der Waals surface area (Å²) >= 11 is 0. The summed E-state index contributed by atoms with van der Waals surface area (Å²) in [5, 5.41) is 9.61. The van der Waals surface area contributed by atoms with Crippen LogP contribution in [0.15, 0.2) is 72.8 Å². The average molecular weight is 447 g/mol. The molecule has 4 heteroatoms.